The normalized spacial score (nSPS) is 14.3. The summed E-state index contributed by atoms with van der Waals surface area (Å²) >= 11 is 0. The zero-order chi connectivity index (χ0) is 16.4. The first kappa shape index (κ1) is 19.0. The quantitative estimate of drug-likeness (QED) is 0.488. The summed E-state index contributed by atoms with van der Waals surface area (Å²) in [5, 5.41) is 35.7. The zero-order valence-electron chi connectivity index (χ0n) is 11.9. The van der Waals surface area contributed by atoms with Crippen molar-refractivity contribution in [2.45, 2.75) is 31.6 Å². The molecule has 1 rings (SSSR count). The van der Waals surface area contributed by atoms with Gasteiger partial charge in [-0.2, -0.15) is 0 Å². The molecule has 0 aliphatic carbocycles. The maximum atomic E-state index is 9.77. The van der Waals surface area contributed by atoms with E-state index in [1.54, 1.807) is 0 Å². The molecule has 1 aromatic carbocycles. The number of benzene rings is 1. The Hall–Kier alpha value is -1.96. The molecule has 7 nitrogen and oxygen atoms in total. The molecule has 0 fully saturated rings. The highest BCUT2D eigenvalue weighted by Crippen LogP contribution is 2.01. The van der Waals surface area contributed by atoms with E-state index in [1.807, 2.05) is 13.1 Å². The second-order valence-electron chi connectivity index (χ2n) is 4.45. The Bertz CT molecular complexity index is 418. The maximum Gasteiger partial charge on any atom is 0.335 e. The molecule has 0 radical (unpaired) electrons. The summed E-state index contributed by atoms with van der Waals surface area (Å²) in [5.41, 5.74) is 1.40. The summed E-state index contributed by atoms with van der Waals surface area (Å²) in [6, 6.07) is 11.1. The summed E-state index contributed by atoms with van der Waals surface area (Å²) in [5.74, 6) is -3.54. The molecule has 118 valence electrons. The molecule has 0 aliphatic heterocycles. The number of carbonyl (C=O) groups is 2. The SMILES string of the molecule is CN[C@H](C)Cc1ccccc1.O=C(O)[C@@H](O)[C@H](O)C(=O)O. The third-order valence-corrected chi connectivity index (χ3v) is 2.68. The van der Waals surface area contributed by atoms with E-state index in [9.17, 15) is 9.59 Å². The van der Waals surface area contributed by atoms with Crippen LogP contribution in [0, 0.1) is 0 Å². The number of aliphatic hydroxyl groups is 2. The van der Waals surface area contributed by atoms with Crippen molar-refractivity contribution in [2.75, 3.05) is 7.05 Å². The van der Waals surface area contributed by atoms with Crippen molar-refractivity contribution in [3.05, 3.63) is 35.9 Å². The standard InChI is InChI=1S/C10H15N.C4H6O6/c1-9(11-2)8-10-6-4-3-5-7-10;5-1(3(7)8)2(6)4(9)10/h3-7,9,11H,8H2,1-2H3;1-2,5-6H,(H,7,8)(H,9,10)/t9-;1-,2-/m10/s1. The van der Waals surface area contributed by atoms with E-state index in [2.05, 4.69) is 36.5 Å². The van der Waals surface area contributed by atoms with Gasteiger partial charge in [0.05, 0.1) is 0 Å². The van der Waals surface area contributed by atoms with Gasteiger partial charge in [0.1, 0.15) is 0 Å². The van der Waals surface area contributed by atoms with Crippen molar-refractivity contribution in [1.29, 1.82) is 0 Å². The van der Waals surface area contributed by atoms with Gasteiger partial charge in [0, 0.05) is 6.04 Å². The predicted molar refractivity (Wildman–Crippen MR) is 76.0 cm³/mol. The van der Waals surface area contributed by atoms with Gasteiger partial charge < -0.3 is 25.7 Å². The van der Waals surface area contributed by atoms with Crippen LogP contribution in [0.2, 0.25) is 0 Å². The van der Waals surface area contributed by atoms with Crippen LogP contribution in [-0.4, -0.2) is 57.7 Å². The molecule has 0 saturated heterocycles. The molecular formula is C14H21NO6. The number of hydrogen-bond donors (Lipinski definition) is 5. The molecule has 7 heteroatoms. The minimum Gasteiger partial charge on any atom is -0.479 e. The third kappa shape index (κ3) is 8.03. The van der Waals surface area contributed by atoms with Crippen LogP contribution in [0.3, 0.4) is 0 Å². The van der Waals surface area contributed by atoms with Crippen molar-refractivity contribution in [2.24, 2.45) is 0 Å². The second-order valence-corrected chi connectivity index (χ2v) is 4.45. The smallest absolute Gasteiger partial charge is 0.335 e. The van der Waals surface area contributed by atoms with Crippen LogP contribution in [0.4, 0.5) is 0 Å². The summed E-state index contributed by atoms with van der Waals surface area (Å²) in [4.78, 5) is 19.5. The Labute approximate surface area is 122 Å². The van der Waals surface area contributed by atoms with Gasteiger partial charge in [0.2, 0.25) is 0 Å². The fraction of sp³-hybridized carbons (Fsp3) is 0.429. The third-order valence-electron chi connectivity index (χ3n) is 2.68. The molecule has 0 saturated carbocycles. The molecule has 5 N–H and O–H groups in total. The van der Waals surface area contributed by atoms with Crippen LogP contribution in [0.5, 0.6) is 0 Å². The Morgan fingerprint density at radius 2 is 1.48 bits per heavy atom. The first-order valence-electron chi connectivity index (χ1n) is 6.32. The average molecular weight is 299 g/mol. The van der Waals surface area contributed by atoms with Gasteiger partial charge in [-0.25, -0.2) is 9.59 Å². The molecule has 0 aromatic heterocycles. The Morgan fingerprint density at radius 1 is 1.05 bits per heavy atom. The number of aliphatic hydroxyl groups excluding tert-OH is 2. The lowest BCUT2D eigenvalue weighted by molar-refractivity contribution is -0.165. The minimum atomic E-state index is -2.27. The van der Waals surface area contributed by atoms with Gasteiger partial charge in [-0.3, -0.25) is 0 Å². The van der Waals surface area contributed by atoms with E-state index in [0.29, 0.717) is 6.04 Å². The average Bonchev–Trinajstić information content (AvgIpc) is 2.47. The fourth-order valence-electron chi connectivity index (χ4n) is 1.34. The number of carboxylic acids is 2. The van der Waals surface area contributed by atoms with Crippen LogP contribution < -0.4 is 5.32 Å². The number of likely N-dealkylation sites (N-methyl/N-ethyl adjacent to an activating group) is 1. The first-order chi connectivity index (χ1) is 9.79. The molecule has 0 spiro atoms. The molecule has 3 atom stereocenters. The monoisotopic (exact) mass is 299 g/mol. The highest BCUT2D eigenvalue weighted by atomic mass is 16.4. The number of carboxylic acid groups (broad SMARTS) is 2. The number of hydrogen-bond acceptors (Lipinski definition) is 5. The molecule has 0 unspecified atom stereocenters. The van der Waals surface area contributed by atoms with Crippen LogP contribution in [0.1, 0.15) is 12.5 Å². The summed E-state index contributed by atoms with van der Waals surface area (Å²) in [6.07, 6.45) is -3.42. The predicted octanol–water partition coefficient (Wildman–Crippen LogP) is -0.286. The van der Waals surface area contributed by atoms with Gasteiger partial charge in [-0.1, -0.05) is 30.3 Å². The highest BCUT2D eigenvalue weighted by Gasteiger charge is 2.29. The number of aliphatic carboxylic acids is 2. The second kappa shape index (κ2) is 9.87. The van der Waals surface area contributed by atoms with Gasteiger partial charge in [-0.05, 0) is 26.0 Å². The van der Waals surface area contributed by atoms with E-state index >= 15 is 0 Å². The van der Waals surface area contributed by atoms with Crippen molar-refractivity contribution >= 4 is 11.9 Å². The summed E-state index contributed by atoms with van der Waals surface area (Å²) < 4.78 is 0. The molecule has 0 bridgehead atoms. The first-order valence-corrected chi connectivity index (χ1v) is 6.32. The van der Waals surface area contributed by atoms with Crippen LogP contribution >= 0.6 is 0 Å². The minimum absolute atomic E-state index is 0.567. The fourth-order valence-corrected chi connectivity index (χ4v) is 1.34. The lowest BCUT2D eigenvalue weighted by atomic mass is 10.1. The molecule has 0 amide bonds. The van der Waals surface area contributed by atoms with E-state index in [4.69, 9.17) is 20.4 Å². The van der Waals surface area contributed by atoms with Crippen molar-refractivity contribution in [1.82, 2.24) is 5.32 Å². The van der Waals surface area contributed by atoms with Crippen molar-refractivity contribution in [3.8, 4) is 0 Å². The van der Waals surface area contributed by atoms with Crippen LogP contribution in [-0.2, 0) is 16.0 Å². The highest BCUT2D eigenvalue weighted by molar-refractivity contribution is 5.83. The summed E-state index contributed by atoms with van der Waals surface area (Å²) in [7, 11) is 1.99. The molecule has 0 aliphatic rings. The summed E-state index contributed by atoms with van der Waals surface area (Å²) in [6.45, 7) is 2.19. The van der Waals surface area contributed by atoms with Gasteiger partial charge in [0.15, 0.2) is 12.2 Å². The molecule has 0 heterocycles. The molecule has 1 aromatic rings. The number of rotatable bonds is 6. The van der Waals surface area contributed by atoms with Gasteiger partial charge in [-0.15, -0.1) is 0 Å². The maximum absolute atomic E-state index is 9.77. The van der Waals surface area contributed by atoms with E-state index in [1.165, 1.54) is 5.56 Å². The van der Waals surface area contributed by atoms with Crippen molar-refractivity contribution < 1.29 is 30.0 Å². The van der Waals surface area contributed by atoms with Crippen LogP contribution in [0.15, 0.2) is 30.3 Å². The molecular weight excluding hydrogens is 278 g/mol. The Kier molecular flexibility index (Phi) is 8.95. The van der Waals surface area contributed by atoms with Crippen molar-refractivity contribution in [3.63, 3.8) is 0 Å². The van der Waals surface area contributed by atoms with Gasteiger partial charge >= 0.3 is 11.9 Å². The Morgan fingerprint density at radius 3 is 1.81 bits per heavy atom. The molecule has 21 heavy (non-hydrogen) atoms. The number of nitrogens with one attached hydrogen (secondary N) is 1. The largest absolute Gasteiger partial charge is 0.479 e. The lowest BCUT2D eigenvalue weighted by Gasteiger charge is -2.08. The van der Waals surface area contributed by atoms with Crippen LogP contribution in [0.25, 0.3) is 0 Å². The van der Waals surface area contributed by atoms with E-state index in [-0.39, 0.29) is 0 Å². The van der Waals surface area contributed by atoms with E-state index < -0.39 is 24.1 Å². The van der Waals surface area contributed by atoms with E-state index in [0.717, 1.165) is 6.42 Å². The topological polar surface area (TPSA) is 127 Å². The lowest BCUT2D eigenvalue weighted by Crippen LogP contribution is -2.39. The zero-order valence-corrected chi connectivity index (χ0v) is 11.9. The van der Waals surface area contributed by atoms with Gasteiger partial charge in [0.25, 0.3) is 0 Å². The Balaban J connectivity index is 0.000000384.